The maximum Gasteiger partial charge on any atom is 0.272 e. The zero-order valence-corrected chi connectivity index (χ0v) is 12.6. The highest BCUT2D eigenvalue weighted by Gasteiger charge is 2.14. The summed E-state index contributed by atoms with van der Waals surface area (Å²) in [5, 5.41) is 19.9. The van der Waals surface area contributed by atoms with Crippen molar-refractivity contribution in [2.45, 2.75) is 20.0 Å². The molecular formula is C17H17N3O2. The molecule has 0 fully saturated rings. The van der Waals surface area contributed by atoms with E-state index < -0.39 is 0 Å². The van der Waals surface area contributed by atoms with Crippen LogP contribution in [0.1, 0.15) is 22.3 Å². The number of hydrogen-bond acceptors (Lipinski definition) is 4. The van der Waals surface area contributed by atoms with Crippen LogP contribution in [0.4, 0.5) is 5.69 Å². The number of nitro groups is 1. The van der Waals surface area contributed by atoms with Crippen LogP contribution in [0.3, 0.4) is 0 Å². The lowest BCUT2D eigenvalue weighted by Gasteiger charge is -2.18. The standard InChI is InChI=1S/C17H17N3O2/c1-13-16(7-4-8-17(13)20(21)22)12-19(2)11-15-6-3-5-14(9-15)10-18/h3-9H,11-12H2,1-2H3. The van der Waals surface area contributed by atoms with Gasteiger partial charge < -0.3 is 0 Å². The lowest BCUT2D eigenvalue weighted by molar-refractivity contribution is -0.385. The van der Waals surface area contributed by atoms with Gasteiger partial charge in [0.15, 0.2) is 0 Å². The first-order chi connectivity index (χ1) is 10.5. The largest absolute Gasteiger partial charge is 0.298 e. The molecule has 0 spiro atoms. The van der Waals surface area contributed by atoms with E-state index in [-0.39, 0.29) is 10.6 Å². The topological polar surface area (TPSA) is 70.2 Å². The van der Waals surface area contributed by atoms with E-state index in [1.165, 1.54) is 6.07 Å². The van der Waals surface area contributed by atoms with Crippen LogP contribution in [-0.2, 0) is 13.1 Å². The Morgan fingerprint density at radius 2 is 1.95 bits per heavy atom. The smallest absolute Gasteiger partial charge is 0.272 e. The minimum atomic E-state index is -0.352. The number of rotatable bonds is 5. The summed E-state index contributed by atoms with van der Waals surface area (Å²) in [6.45, 7) is 3.07. The Morgan fingerprint density at radius 3 is 2.64 bits per heavy atom. The molecule has 2 aromatic carbocycles. The average molecular weight is 295 g/mol. The Balaban J connectivity index is 2.12. The molecule has 0 aliphatic heterocycles. The molecule has 0 heterocycles. The first-order valence-electron chi connectivity index (χ1n) is 6.91. The van der Waals surface area contributed by atoms with E-state index in [2.05, 4.69) is 11.0 Å². The molecule has 0 atom stereocenters. The number of nitriles is 1. The first-order valence-corrected chi connectivity index (χ1v) is 6.91. The van der Waals surface area contributed by atoms with Crippen molar-refractivity contribution >= 4 is 5.69 Å². The summed E-state index contributed by atoms with van der Waals surface area (Å²) in [6, 6.07) is 14.7. The molecule has 5 heteroatoms. The highest BCUT2D eigenvalue weighted by molar-refractivity contribution is 5.44. The second kappa shape index (κ2) is 6.83. The third-order valence-electron chi connectivity index (χ3n) is 3.56. The van der Waals surface area contributed by atoms with Gasteiger partial charge in [-0.2, -0.15) is 5.26 Å². The molecule has 0 bridgehead atoms. The fourth-order valence-electron chi connectivity index (χ4n) is 2.44. The lowest BCUT2D eigenvalue weighted by Crippen LogP contribution is -2.18. The van der Waals surface area contributed by atoms with E-state index in [4.69, 9.17) is 5.26 Å². The van der Waals surface area contributed by atoms with Gasteiger partial charge >= 0.3 is 0 Å². The minimum absolute atomic E-state index is 0.150. The maximum atomic E-state index is 11.0. The summed E-state index contributed by atoms with van der Waals surface area (Å²) >= 11 is 0. The summed E-state index contributed by atoms with van der Waals surface area (Å²) in [5.74, 6) is 0. The van der Waals surface area contributed by atoms with Gasteiger partial charge in [0.1, 0.15) is 0 Å². The summed E-state index contributed by atoms with van der Waals surface area (Å²) in [4.78, 5) is 12.7. The van der Waals surface area contributed by atoms with Crippen LogP contribution in [0.2, 0.25) is 0 Å². The fourth-order valence-corrected chi connectivity index (χ4v) is 2.44. The van der Waals surface area contributed by atoms with Crippen LogP contribution in [0, 0.1) is 28.4 Å². The van der Waals surface area contributed by atoms with E-state index in [1.54, 1.807) is 19.1 Å². The zero-order chi connectivity index (χ0) is 16.1. The highest BCUT2D eigenvalue weighted by atomic mass is 16.6. The number of nitrogens with zero attached hydrogens (tertiary/aromatic N) is 3. The molecule has 2 rings (SSSR count). The molecule has 0 radical (unpaired) electrons. The predicted octanol–water partition coefficient (Wildman–Crippen LogP) is 3.41. The average Bonchev–Trinajstić information content (AvgIpc) is 2.49. The molecule has 22 heavy (non-hydrogen) atoms. The van der Waals surface area contributed by atoms with Gasteiger partial charge in [-0.3, -0.25) is 15.0 Å². The summed E-state index contributed by atoms with van der Waals surface area (Å²) < 4.78 is 0. The normalized spacial score (nSPS) is 10.5. The van der Waals surface area contributed by atoms with Crippen molar-refractivity contribution in [3.05, 3.63) is 74.8 Å². The molecule has 0 unspecified atom stereocenters. The van der Waals surface area contributed by atoms with Crippen molar-refractivity contribution in [3.8, 4) is 6.07 Å². The van der Waals surface area contributed by atoms with Gasteiger partial charge in [-0.15, -0.1) is 0 Å². The molecule has 0 saturated heterocycles. The van der Waals surface area contributed by atoms with Crippen LogP contribution in [-0.4, -0.2) is 16.9 Å². The van der Waals surface area contributed by atoms with Gasteiger partial charge in [-0.05, 0) is 37.2 Å². The summed E-state index contributed by atoms with van der Waals surface area (Å²) in [6.07, 6.45) is 0. The molecule has 0 aliphatic carbocycles. The molecule has 0 N–H and O–H groups in total. The monoisotopic (exact) mass is 295 g/mol. The lowest BCUT2D eigenvalue weighted by atomic mass is 10.1. The second-order valence-electron chi connectivity index (χ2n) is 5.30. The maximum absolute atomic E-state index is 11.0. The third kappa shape index (κ3) is 3.68. The Hall–Kier alpha value is -2.71. The van der Waals surface area contributed by atoms with E-state index in [0.29, 0.717) is 24.2 Å². The SMILES string of the molecule is Cc1c(CN(C)Cc2cccc(C#N)c2)cccc1[N+](=O)[O-]. The molecule has 0 amide bonds. The van der Waals surface area contributed by atoms with Crippen LogP contribution >= 0.6 is 0 Å². The third-order valence-corrected chi connectivity index (χ3v) is 3.56. The Morgan fingerprint density at radius 1 is 1.23 bits per heavy atom. The molecule has 0 aromatic heterocycles. The molecule has 5 nitrogen and oxygen atoms in total. The van der Waals surface area contributed by atoms with E-state index >= 15 is 0 Å². The number of benzene rings is 2. The van der Waals surface area contributed by atoms with Gasteiger partial charge in [0.25, 0.3) is 5.69 Å². The fraction of sp³-hybridized carbons (Fsp3) is 0.235. The van der Waals surface area contributed by atoms with E-state index in [9.17, 15) is 10.1 Å². The van der Waals surface area contributed by atoms with Crippen molar-refractivity contribution < 1.29 is 4.92 Å². The molecule has 0 aliphatic rings. The van der Waals surface area contributed by atoms with Crippen molar-refractivity contribution in [2.24, 2.45) is 0 Å². The van der Waals surface area contributed by atoms with Gasteiger partial charge in [0, 0.05) is 24.7 Å². The van der Waals surface area contributed by atoms with Crippen molar-refractivity contribution in [1.29, 1.82) is 5.26 Å². The number of nitro benzene ring substituents is 1. The van der Waals surface area contributed by atoms with Crippen LogP contribution < -0.4 is 0 Å². The van der Waals surface area contributed by atoms with Crippen molar-refractivity contribution in [3.63, 3.8) is 0 Å². The van der Waals surface area contributed by atoms with Crippen LogP contribution in [0.5, 0.6) is 0 Å². The Labute approximate surface area is 129 Å². The van der Waals surface area contributed by atoms with Gasteiger partial charge in [0.2, 0.25) is 0 Å². The predicted molar refractivity (Wildman–Crippen MR) is 84.2 cm³/mol. The van der Waals surface area contributed by atoms with E-state index in [0.717, 1.165) is 11.1 Å². The quantitative estimate of drug-likeness (QED) is 0.626. The molecule has 0 saturated carbocycles. The highest BCUT2D eigenvalue weighted by Crippen LogP contribution is 2.22. The van der Waals surface area contributed by atoms with Gasteiger partial charge in [-0.1, -0.05) is 24.3 Å². The zero-order valence-electron chi connectivity index (χ0n) is 12.6. The second-order valence-corrected chi connectivity index (χ2v) is 5.30. The summed E-state index contributed by atoms with van der Waals surface area (Å²) in [5.41, 5.74) is 3.47. The van der Waals surface area contributed by atoms with Gasteiger partial charge in [0.05, 0.1) is 16.6 Å². The minimum Gasteiger partial charge on any atom is -0.298 e. The Bertz CT molecular complexity index is 735. The number of hydrogen-bond donors (Lipinski definition) is 0. The molecular weight excluding hydrogens is 278 g/mol. The van der Waals surface area contributed by atoms with Crippen molar-refractivity contribution in [1.82, 2.24) is 4.90 Å². The molecule has 112 valence electrons. The molecule has 2 aromatic rings. The van der Waals surface area contributed by atoms with Crippen LogP contribution in [0.15, 0.2) is 42.5 Å². The Kier molecular flexibility index (Phi) is 4.87. The van der Waals surface area contributed by atoms with E-state index in [1.807, 2.05) is 31.3 Å². The first kappa shape index (κ1) is 15.7. The van der Waals surface area contributed by atoms with Crippen LogP contribution in [0.25, 0.3) is 0 Å². The summed E-state index contributed by atoms with van der Waals surface area (Å²) in [7, 11) is 1.96. The van der Waals surface area contributed by atoms with Crippen molar-refractivity contribution in [2.75, 3.05) is 7.05 Å². The van der Waals surface area contributed by atoms with Gasteiger partial charge in [-0.25, -0.2) is 0 Å².